The van der Waals surface area contributed by atoms with E-state index in [0.717, 1.165) is 24.2 Å². The van der Waals surface area contributed by atoms with E-state index in [1.54, 1.807) is 6.08 Å². The number of benzene rings is 1. The highest BCUT2D eigenvalue weighted by Crippen LogP contribution is 2.37. The number of hydrogen-bond acceptors (Lipinski definition) is 5. The van der Waals surface area contributed by atoms with Gasteiger partial charge in [0.05, 0.1) is 12.2 Å². The van der Waals surface area contributed by atoms with Gasteiger partial charge in [-0.3, -0.25) is 4.79 Å². The van der Waals surface area contributed by atoms with Gasteiger partial charge in [-0.1, -0.05) is 42.5 Å². The van der Waals surface area contributed by atoms with Crippen LogP contribution in [0.25, 0.3) is 0 Å². The molecule has 4 N–H and O–H groups in total. The van der Waals surface area contributed by atoms with Gasteiger partial charge in [-0.2, -0.15) is 0 Å². The SMILES string of the molecule is O=C(O)CCC/C=C\C[C@@H]1C(/C=C/[C@@H](O)[C@H]2CCc3ccccc3O2)[C@H](O)C[C@@H]1O. The lowest BCUT2D eigenvalue weighted by Gasteiger charge is -2.28. The van der Waals surface area contributed by atoms with Crippen molar-refractivity contribution in [1.82, 2.24) is 0 Å². The number of carbonyl (C=O) groups is 1. The zero-order valence-electron chi connectivity index (χ0n) is 17.1. The number of carboxylic acid groups (broad SMARTS) is 1. The van der Waals surface area contributed by atoms with Gasteiger partial charge in [0.1, 0.15) is 18.0 Å². The summed E-state index contributed by atoms with van der Waals surface area (Å²) in [4.78, 5) is 10.5. The van der Waals surface area contributed by atoms with Crippen LogP contribution >= 0.6 is 0 Å². The van der Waals surface area contributed by atoms with Crippen molar-refractivity contribution in [2.75, 3.05) is 0 Å². The van der Waals surface area contributed by atoms with Crippen molar-refractivity contribution in [2.24, 2.45) is 11.8 Å². The predicted octanol–water partition coefficient (Wildman–Crippen LogP) is 2.86. The van der Waals surface area contributed by atoms with Gasteiger partial charge in [0, 0.05) is 18.8 Å². The van der Waals surface area contributed by atoms with Gasteiger partial charge in [-0.05, 0) is 49.7 Å². The van der Waals surface area contributed by atoms with Crippen LogP contribution in [0.4, 0.5) is 0 Å². The molecule has 1 aliphatic carbocycles. The number of fused-ring (bicyclic) bond motifs is 1. The summed E-state index contributed by atoms with van der Waals surface area (Å²) in [5.41, 5.74) is 1.15. The summed E-state index contributed by atoms with van der Waals surface area (Å²) in [6.45, 7) is 0. The molecule has 1 aliphatic heterocycles. The van der Waals surface area contributed by atoms with E-state index in [-0.39, 0.29) is 24.4 Å². The zero-order valence-corrected chi connectivity index (χ0v) is 17.1. The van der Waals surface area contributed by atoms with Crippen molar-refractivity contribution in [3.05, 3.63) is 54.1 Å². The van der Waals surface area contributed by atoms with Gasteiger partial charge in [-0.15, -0.1) is 0 Å². The van der Waals surface area contributed by atoms with E-state index in [1.165, 1.54) is 0 Å². The Hall–Kier alpha value is -2.15. The molecule has 0 radical (unpaired) electrons. The van der Waals surface area contributed by atoms with E-state index in [9.17, 15) is 20.1 Å². The van der Waals surface area contributed by atoms with E-state index < -0.39 is 24.3 Å². The standard InChI is InChI=1S/C24H32O6/c25-19(23-14-11-16-7-5-6-9-22(16)30-23)13-12-18-17(20(26)15-21(18)27)8-3-1-2-4-10-24(28)29/h1,3,5-7,9,12-13,17-21,23,25-27H,2,4,8,10-11,14-15H2,(H,28,29)/b3-1-,13-12+/t17-,18?,19-,20+,21-,23-/m1/s1. The first-order valence-corrected chi connectivity index (χ1v) is 10.8. The summed E-state index contributed by atoms with van der Waals surface area (Å²) in [5.74, 6) is -0.364. The molecule has 1 aromatic carbocycles. The predicted molar refractivity (Wildman–Crippen MR) is 113 cm³/mol. The van der Waals surface area contributed by atoms with Gasteiger partial charge in [0.15, 0.2) is 0 Å². The third-order valence-corrected chi connectivity index (χ3v) is 6.11. The van der Waals surface area contributed by atoms with Crippen LogP contribution in [-0.4, -0.2) is 50.8 Å². The van der Waals surface area contributed by atoms with Gasteiger partial charge in [-0.25, -0.2) is 0 Å². The largest absolute Gasteiger partial charge is 0.487 e. The van der Waals surface area contributed by atoms with E-state index in [0.29, 0.717) is 25.7 Å². The van der Waals surface area contributed by atoms with E-state index >= 15 is 0 Å². The summed E-state index contributed by atoms with van der Waals surface area (Å²) in [5, 5.41) is 40.0. The molecule has 6 nitrogen and oxygen atoms in total. The van der Waals surface area contributed by atoms with Crippen molar-refractivity contribution < 1.29 is 30.0 Å². The Balaban J connectivity index is 1.54. The molecule has 1 aromatic rings. The van der Waals surface area contributed by atoms with Gasteiger partial charge in [0.25, 0.3) is 0 Å². The molecule has 0 bridgehead atoms. The zero-order chi connectivity index (χ0) is 21.5. The van der Waals surface area contributed by atoms with Crippen LogP contribution in [0.15, 0.2) is 48.6 Å². The molecule has 164 valence electrons. The third kappa shape index (κ3) is 5.94. The van der Waals surface area contributed by atoms with Gasteiger partial charge < -0.3 is 25.2 Å². The van der Waals surface area contributed by atoms with Crippen molar-refractivity contribution in [3.8, 4) is 5.75 Å². The second kappa shape index (κ2) is 10.8. The molecule has 0 amide bonds. The van der Waals surface area contributed by atoms with Crippen molar-refractivity contribution in [3.63, 3.8) is 0 Å². The van der Waals surface area contributed by atoms with Crippen LogP contribution in [-0.2, 0) is 11.2 Å². The monoisotopic (exact) mass is 416 g/mol. The summed E-state index contributed by atoms with van der Waals surface area (Å²) in [6, 6.07) is 7.84. The Morgan fingerprint density at radius 2 is 2.00 bits per heavy atom. The summed E-state index contributed by atoms with van der Waals surface area (Å²) < 4.78 is 5.94. The third-order valence-electron chi connectivity index (χ3n) is 6.11. The first kappa shape index (κ1) is 22.5. The minimum absolute atomic E-state index is 0.132. The number of aliphatic hydroxyl groups excluding tert-OH is 3. The van der Waals surface area contributed by atoms with E-state index in [1.807, 2.05) is 42.5 Å². The fourth-order valence-electron chi connectivity index (χ4n) is 4.40. The quantitative estimate of drug-likeness (QED) is 0.364. The van der Waals surface area contributed by atoms with E-state index in [2.05, 4.69) is 0 Å². The topological polar surface area (TPSA) is 107 Å². The van der Waals surface area contributed by atoms with E-state index in [4.69, 9.17) is 9.84 Å². The molecular weight excluding hydrogens is 384 g/mol. The Labute approximate surface area is 177 Å². The number of ether oxygens (including phenoxy) is 1. The highest BCUT2D eigenvalue weighted by molar-refractivity contribution is 5.66. The molecule has 3 rings (SSSR count). The molecule has 0 saturated heterocycles. The maximum Gasteiger partial charge on any atom is 0.303 e. The molecule has 1 fully saturated rings. The molecule has 30 heavy (non-hydrogen) atoms. The van der Waals surface area contributed by atoms with Crippen LogP contribution in [0, 0.1) is 11.8 Å². The van der Waals surface area contributed by atoms with Crippen LogP contribution in [0.5, 0.6) is 5.75 Å². The summed E-state index contributed by atoms with van der Waals surface area (Å²) in [7, 11) is 0. The van der Waals surface area contributed by atoms with Crippen molar-refractivity contribution in [2.45, 2.75) is 69.4 Å². The molecule has 0 aromatic heterocycles. The summed E-state index contributed by atoms with van der Waals surface area (Å²) in [6.07, 6.45) is 8.93. The molecule has 1 saturated carbocycles. The smallest absolute Gasteiger partial charge is 0.303 e. The molecule has 6 atom stereocenters. The van der Waals surface area contributed by atoms with Crippen molar-refractivity contribution in [1.29, 1.82) is 0 Å². The minimum Gasteiger partial charge on any atom is -0.487 e. The lowest BCUT2D eigenvalue weighted by Crippen LogP contribution is -2.34. The number of unbranched alkanes of at least 4 members (excludes halogenated alkanes) is 1. The number of para-hydroxylation sites is 1. The molecule has 1 heterocycles. The average molecular weight is 417 g/mol. The van der Waals surface area contributed by atoms with Crippen LogP contribution in [0.3, 0.4) is 0 Å². The fourth-order valence-corrected chi connectivity index (χ4v) is 4.40. The van der Waals surface area contributed by atoms with Gasteiger partial charge >= 0.3 is 5.97 Å². The normalized spacial score (nSPS) is 29.8. The first-order valence-electron chi connectivity index (χ1n) is 10.8. The fraction of sp³-hybridized carbons (Fsp3) is 0.542. The van der Waals surface area contributed by atoms with Gasteiger partial charge in [0.2, 0.25) is 0 Å². The molecule has 0 spiro atoms. The Morgan fingerprint density at radius 1 is 1.20 bits per heavy atom. The lowest BCUT2D eigenvalue weighted by atomic mass is 9.89. The molecule has 2 aliphatic rings. The number of allylic oxidation sites excluding steroid dienone is 2. The second-order valence-electron chi connectivity index (χ2n) is 8.28. The van der Waals surface area contributed by atoms with Crippen LogP contribution < -0.4 is 4.74 Å². The number of aryl methyl sites for hydroxylation is 1. The highest BCUT2D eigenvalue weighted by Gasteiger charge is 2.39. The second-order valence-corrected chi connectivity index (χ2v) is 8.28. The first-order chi connectivity index (χ1) is 14.5. The number of rotatable bonds is 9. The maximum atomic E-state index is 10.6. The highest BCUT2D eigenvalue weighted by atomic mass is 16.5. The van der Waals surface area contributed by atoms with Crippen molar-refractivity contribution >= 4 is 5.97 Å². The number of carboxylic acids is 1. The number of hydrogen-bond donors (Lipinski definition) is 4. The Kier molecular flexibility index (Phi) is 8.08. The Bertz CT molecular complexity index is 758. The minimum atomic E-state index is -0.799. The number of aliphatic carboxylic acids is 1. The average Bonchev–Trinajstić information content (AvgIpc) is 3.00. The Morgan fingerprint density at radius 3 is 2.80 bits per heavy atom. The summed E-state index contributed by atoms with van der Waals surface area (Å²) >= 11 is 0. The van der Waals surface area contributed by atoms with Crippen LogP contribution in [0.1, 0.15) is 44.1 Å². The lowest BCUT2D eigenvalue weighted by molar-refractivity contribution is -0.137. The molecular formula is C24H32O6. The molecule has 6 heteroatoms. The molecule has 1 unspecified atom stereocenters. The van der Waals surface area contributed by atoms with Crippen LogP contribution in [0.2, 0.25) is 0 Å². The maximum absolute atomic E-state index is 10.6. The number of aliphatic hydroxyl groups is 3.